The van der Waals surface area contributed by atoms with E-state index in [0.29, 0.717) is 0 Å². The molecule has 0 spiro atoms. The summed E-state index contributed by atoms with van der Waals surface area (Å²) in [5, 5.41) is 13.3. The highest BCUT2D eigenvalue weighted by molar-refractivity contribution is 5.85. The van der Waals surface area contributed by atoms with E-state index in [4.69, 9.17) is 4.74 Å². The van der Waals surface area contributed by atoms with Crippen LogP contribution in [0, 0.1) is 5.92 Å². The first-order valence-corrected chi connectivity index (χ1v) is 8.64. The van der Waals surface area contributed by atoms with Gasteiger partial charge in [-0.05, 0) is 38.4 Å². The van der Waals surface area contributed by atoms with Crippen LogP contribution in [0.25, 0.3) is 0 Å². The van der Waals surface area contributed by atoms with Crippen molar-refractivity contribution < 1.29 is 27.8 Å². The molecule has 1 fully saturated rings. The summed E-state index contributed by atoms with van der Waals surface area (Å²) in [6.07, 6.45) is -4.14. The second kappa shape index (κ2) is 10.1. The number of ether oxygens (including phenoxy) is 1. The number of hydrogen-bond acceptors (Lipinski definition) is 4. The van der Waals surface area contributed by atoms with E-state index in [2.05, 4.69) is 5.32 Å². The zero-order valence-electron chi connectivity index (χ0n) is 15.3. The minimum atomic E-state index is -4.53. The molecule has 0 aliphatic carbocycles. The number of piperidine rings is 1. The summed E-state index contributed by atoms with van der Waals surface area (Å²) in [5.41, 5.74) is -0.889. The van der Waals surface area contributed by atoms with E-state index >= 15 is 0 Å². The third kappa shape index (κ3) is 6.86. The lowest BCUT2D eigenvalue weighted by molar-refractivity contribution is -0.139. The summed E-state index contributed by atoms with van der Waals surface area (Å²) in [5.74, 6) is -0.497. The van der Waals surface area contributed by atoms with E-state index < -0.39 is 17.8 Å². The van der Waals surface area contributed by atoms with Gasteiger partial charge in [0.25, 0.3) is 0 Å². The fourth-order valence-corrected chi connectivity index (χ4v) is 3.14. The fraction of sp³-hybridized carbons (Fsp3) is 0.611. The summed E-state index contributed by atoms with van der Waals surface area (Å²) in [6, 6.07) is 5.11. The molecule has 0 bridgehead atoms. The summed E-state index contributed by atoms with van der Waals surface area (Å²) in [7, 11) is 1.59. The van der Waals surface area contributed by atoms with Crippen molar-refractivity contribution in [1.29, 1.82) is 0 Å². The molecule has 0 saturated carbocycles. The molecule has 0 aromatic heterocycles. The molecule has 1 saturated heterocycles. The van der Waals surface area contributed by atoms with Gasteiger partial charge in [0.1, 0.15) is 18.5 Å². The fourth-order valence-electron chi connectivity index (χ4n) is 3.14. The number of carbonyl (C=O) groups is 1. The van der Waals surface area contributed by atoms with Crippen LogP contribution in [-0.4, -0.2) is 54.8 Å². The zero-order valence-corrected chi connectivity index (χ0v) is 16.1. The maximum atomic E-state index is 12.9. The topological polar surface area (TPSA) is 61.8 Å². The molecule has 2 N–H and O–H groups in total. The molecule has 154 valence electrons. The molecule has 5 nitrogen and oxygen atoms in total. The largest absolute Gasteiger partial charge is 0.490 e. The van der Waals surface area contributed by atoms with Crippen LogP contribution in [0.4, 0.5) is 13.2 Å². The Kier molecular flexibility index (Phi) is 8.84. The summed E-state index contributed by atoms with van der Waals surface area (Å²) >= 11 is 0. The molecular weight excluding hydrogens is 385 g/mol. The van der Waals surface area contributed by atoms with Gasteiger partial charge in [0.05, 0.1) is 5.56 Å². The highest BCUT2D eigenvalue weighted by Gasteiger charge is 2.34. The van der Waals surface area contributed by atoms with E-state index in [0.717, 1.165) is 25.5 Å². The Labute approximate surface area is 163 Å². The smallest absolute Gasteiger partial charge is 0.419 e. The molecule has 27 heavy (non-hydrogen) atoms. The van der Waals surface area contributed by atoms with Crippen molar-refractivity contribution in [3.05, 3.63) is 29.8 Å². The number of halogens is 4. The third-order valence-corrected chi connectivity index (χ3v) is 4.46. The second-order valence-electron chi connectivity index (χ2n) is 6.75. The number of likely N-dealkylation sites (N-methyl/N-ethyl adjacent to an activating group) is 1. The average Bonchev–Trinajstić information content (AvgIpc) is 2.58. The Morgan fingerprint density at radius 3 is 2.70 bits per heavy atom. The lowest BCUT2D eigenvalue weighted by atomic mass is 9.92. The van der Waals surface area contributed by atoms with Crippen LogP contribution in [0.15, 0.2) is 24.3 Å². The molecule has 3 atom stereocenters. The predicted molar refractivity (Wildman–Crippen MR) is 98.0 cm³/mol. The first-order valence-electron chi connectivity index (χ1n) is 8.64. The monoisotopic (exact) mass is 410 g/mol. The number of amides is 1. The van der Waals surface area contributed by atoms with Crippen LogP contribution in [0.5, 0.6) is 5.75 Å². The van der Waals surface area contributed by atoms with Crippen LogP contribution in [-0.2, 0) is 11.0 Å². The van der Waals surface area contributed by atoms with Gasteiger partial charge >= 0.3 is 6.18 Å². The van der Waals surface area contributed by atoms with Gasteiger partial charge in [-0.25, -0.2) is 0 Å². The molecule has 1 aliphatic rings. The average molecular weight is 411 g/mol. The van der Waals surface area contributed by atoms with Gasteiger partial charge in [-0.15, -0.1) is 12.4 Å². The Balaban J connectivity index is 0.00000364. The van der Waals surface area contributed by atoms with Gasteiger partial charge in [0, 0.05) is 25.6 Å². The molecule has 0 radical (unpaired) electrons. The minimum Gasteiger partial charge on any atom is -0.490 e. The number of aliphatic hydroxyl groups is 1. The first-order chi connectivity index (χ1) is 12.2. The van der Waals surface area contributed by atoms with Crippen molar-refractivity contribution >= 4 is 18.3 Å². The van der Waals surface area contributed by atoms with Crippen molar-refractivity contribution in [3.8, 4) is 5.75 Å². The SMILES string of the molecule is C[C@H]1C[C@@H](C(=O)N(C)CC(O)COc2ccccc2C(F)(F)F)CCN1.Cl. The first kappa shape index (κ1) is 23.5. The Morgan fingerprint density at radius 1 is 1.41 bits per heavy atom. The molecule has 2 rings (SSSR count). The molecule has 1 unspecified atom stereocenters. The van der Waals surface area contributed by atoms with Crippen LogP contribution < -0.4 is 10.1 Å². The Hall–Kier alpha value is -1.51. The van der Waals surface area contributed by atoms with Gasteiger partial charge in [0.15, 0.2) is 0 Å². The van der Waals surface area contributed by atoms with Crippen LogP contribution in [0.2, 0.25) is 0 Å². The van der Waals surface area contributed by atoms with Crippen LogP contribution in [0.3, 0.4) is 0 Å². The van der Waals surface area contributed by atoms with Crippen molar-refractivity contribution in [2.75, 3.05) is 26.7 Å². The normalized spacial score (nSPS) is 21.1. The molecule has 9 heteroatoms. The highest BCUT2D eigenvalue weighted by atomic mass is 35.5. The number of nitrogens with one attached hydrogen (secondary N) is 1. The molecule has 1 aliphatic heterocycles. The number of carbonyl (C=O) groups excluding carboxylic acids is 1. The Morgan fingerprint density at radius 2 is 2.07 bits per heavy atom. The molecule has 1 aromatic rings. The van der Waals surface area contributed by atoms with Crippen molar-refractivity contribution in [2.24, 2.45) is 5.92 Å². The molecular formula is C18H26ClF3N2O3. The summed E-state index contributed by atoms with van der Waals surface area (Å²) < 4.78 is 43.9. The van der Waals surface area contributed by atoms with Gasteiger partial charge < -0.3 is 20.1 Å². The summed E-state index contributed by atoms with van der Waals surface area (Å²) in [4.78, 5) is 13.9. The minimum absolute atomic E-state index is 0. The maximum absolute atomic E-state index is 12.9. The van der Waals surface area contributed by atoms with Crippen molar-refractivity contribution in [3.63, 3.8) is 0 Å². The van der Waals surface area contributed by atoms with E-state index in [1.54, 1.807) is 7.05 Å². The van der Waals surface area contributed by atoms with Crippen LogP contribution in [0.1, 0.15) is 25.3 Å². The predicted octanol–water partition coefficient (Wildman–Crippen LogP) is 2.71. The van der Waals surface area contributed by atoms with Gasteiger partial charge in [0.2, 0.25) is 5.91 Å². The zero-order chi connectivity index (χ0) is 19.3. The third-order valence-electron chi connectivity index (χ3n) is 4.46. The maximum Gasteiger partial charge on any atom is 0.419 e. The standard InChI is InChI=1S/C18H25F3N2O3.ClH/c1-12-9-13(7-8-22-12)17(25)23(2)10-14(24)11-26-16-6-4-3-5-15(16)18(19,20)21;/h3-6,12-14,22,24H,7-11H2,1-2H3;1H/t12-,13-,14?;/m0./s1. The van der Waals surface area contributed by atoms with Crippen LogP contribution >= 0.6 is 12.4 Å². The van der Waals surface area contributed by atoms with Gasteiger partial charge in [-0.3, -0.25) is 4.79 Å². The molecule has 1 aromatic carbocycles. The number of hydrogen-bond donors (Lipinski definition) is 2. The van der Waals surface area contributed by atoms with Gasteiger partial charge in [-0.1, -0.05) is 12.1 Å². The highest BCUT2D eigenvalue weighted by Crippen LogP contribution is 2.35. The number of rotatable bonds is 6. The Bertz CT molecular complexity index is 616. The van der Waals surface area contributed by atoms with E-state index in [1.807, 2.05) is 6.92 Å². The summed E-state index contributed by atoms with van der Waals surface area (Å²) in [6.45, 7) is 2.46. The molecule has 1 heterocycles. The second-order valence-corrected chi connectivity index (χ2v) is 6.75. The number of benzene rings is 1. The van der Waals surface area contributed by atoms with E-state index in [-0.39, 0.29) is 49.2 Å². The van der Waals surface area contributed by atoms with E-state index in [9.17, 15) is 23.1 Å². The lowest BCUT2D eigenvalue weighted by Gasteiger charge is -2.31. The van der Waals surface area contributed by atoms with Crippen molar-refractivity contribution in [2.45, 2.75) is 38.1 Å². The van der Waals surface area contributed by atoms with E-state index in [1.165, 1.54) is 23.1 Å². The molecule has 1 amide bonds. The van der Waals surface area contributed by atoms with Crippen molar-refractivity contribution in [1.82, 2.24) is 10.2 Å². The number of aliphatic hydroxyl groups excluding tert-OH is 1. The number of para-hydroxylation sites is 1. The van der Waals surface area contributed by atoms with Gasteiger partial charge in [-0.2, -0.15) is 13.2 Å². The number of nitrogens with zero attached hydrogens (tertiary/aromatic N) is 1. The quantitative estimate of drug-likeness (QED) is 0.757. The number of alkyl halides is 3. The lowest BCUT2D eigenvalue weighted by Crippen LogP contribution is -2.45.